The molecule has 0 amide bonds. The van der Waals surface area contributed by atoms with E-state index in [2.05, 4.69) is 27.7 Å². The van der Waals surface area contributed by atoms with E-state index < -0.39 is 0 Å². The molecule has 1 aliphatic carbocycles. The van der Waals surface area contributed by atoms with Crippen LogP contribution < -0.4 is 0 Å². The van der Waals surface area contributed by atoms with Crippen molar-refractivity contribution in [2.45, 2.75) is 59.8 Å². The second-order valence-corrected chi connectivity index (χ2v) is 5.37. The first-order chi connectivity index (χ1) is 6.15. The number of hydrogen-bond acceptors (Lipinski definition) is 0. The Hall–Kier alpha value is 0. The fraction of sp³-hybridized carbons (Fsp3) is 1.00. The highest BCUT2D eigenvalue weighted by Crippen LogP contribution is 2.40. The van der Waals surface area contributed by atoms with Crippen LogP contribution >= 0.6 is 0 Å². The third-order valence-electron chi connectivity index (χ3n) is 3.83. The minimum atomic E-state index is 0.887. The van der Waals surface area contributed by atoms with Crippen LogP contribution in [0, 0.1) is 23.7 Å². The maximum atomic E-state index is 2.46. The van der Waals surface area contributed by atoms with Gasteiger partial charge in [0.05, 0.1) is 0 Å². The Morgan fingerprint density at radius 3 is 2.31 bits per heavy atom. The van der Waals surface area contributed by atoms with Crippen LogP contribution in [0.4, 0.5) is 0 Å². The van der Waals surface area contributed by atoms with Crippen molar-refractivity contribution in [2.75, 3.05) is 0 Å². The van der Waals surface area contributed by atoms with E-state index in [4.69, 9.17) is 0 Å². The minimum absolute atomic E-state index is 0.887. The fourth-order valence-electron chi connectivity index (χ4n) is 3.12. The standard InChI is InChI=1S/C13H26/c1-5-12(9-10(2)3)13-8-6-7-11(13)4/h10-13H,5-9H2,1-4H3. The minimum Gasteiger partial charge on any atom is -0.0651 e. The molecule has 0 radical (unpaired) electrons. The molecule has 78 valence electrons. The van der Waals surface area contributed by atoms with Gasteiger partial charge in [0.25, 0.3) is 0 Å². The van der Waals surface area contributed by atoms with Crippen molar-refractivity contribution in [3.63, 3.8) is 0 Å². The van der Waals surface area contributed by atoms with Crippen LogP contribution in [0.2, 0.25) is 0 Å². The van der Waals surface area contributed by atoms with Crippen molar-refractivity contribution in [3.05, 3.63) is 0 Å². The van der Waals surface area contributed by atoms with E-state index in [0.29, 0.717) is 0 Å². The summed E-state index contributed by atoms with van der Waals surface area (Å²) in [6.07, 6.45) is 7.32. The Kier molecular flexibility index (Phi) is 4.28. The van der Waals surface area contributed by atoms with E-state index in [-0.39, 0.29) is 0 Å². The largest absolute Gasteiger partial charge is 0.0651 e. The molecule has 1 aliphatic rings. The first kappa shape index (κ1) is 11.1. The molecule has 0 aromatic rings. The molecule has 0 aliphatic heterocycles. The quantitative estimate of drug-likeness (QED) is 0.600. The SMILES string of the molecule is CCC(CC(C)C)C1CCCC1C. The molecule has 13 heavy (non-hydrogen) atoms. The summed E-state index contributed by atoms with van der Waals surface area (Å²) < 4.78 is 0. The molecule has 0 saturated heterocycles. The van der Waals surface area contributed by atoms with Gasteiger partial charge in [-0.25, -0.2) is 0 Å². The molecule has 0 aromatic carbocycles. The first-order valence-corrected chi connectivity index (χ1v) is 6.15. The summed E-state index contributed by atoms with van der Waals surface area (Å²) in [5, 5.41) is 0. The fourth-order valence-corrected chi connectivity index (χ4v) is 3.12. The van der Waals surface area contributed by atoms with Gasteiger partial charge < -0.3 is 0 Å². The van der Waals surface area contributed by atoms with E-state index in [0.717, 1.165) is 23.7 Å². The molecule has 3 unspecified atom stereocenters. The zero-order chi connectivity index (χ0) is 9.84. The highest BCUT2D eigenvalue weighted by Gasteiger charge is 2.29. The van der Waals surface area contributed by atoms with Crippen LogP contribution in [-0.4, -0.2) is 0 Å². The predicted octanol–water partition coefficient (Wildman–Crippen LogP) is 4.49. The van der Waals surface area contributed by atoms with E-state index in [1.807, 2.05) is 0 Å². The van der Waals surface area contributed by atoms with E-state index in [1.165, 1.54) is 32.1 Å². The van der Waals surface area contributed by atoms with Gasteiger partial charge in [-0.15, -0.1) is 0 Å². The third kappa shape index (κ3) is 3.00. The highest BCUT2D eigenvalue weighted by atomic mass is 14.3. The summed E-state index contributed by atoms with van der Waals surface area (Å²) in [5.74, 6) is 3.95. The lowest BCUT2D eigenvalue weighted by atomic mass is 9.79. The van der Waals surface area contributed by atoms with Gasteiger partial charge >= 0.3 is 0 Å². The second kappa shape index (κ2) is 5.02. The van der Waals surface area contributed by atoms with Crippen molar-refractivity contribution >= 4 is 0 Å². The molecule has 0 bridgehead atoms. The van der Waals surface area contributed by atoms with E-state index in [1.54, 1.807) is 0 Å². The zero-order valence-corrected chi connectivity index (χ0v) is 9.84. The van der Waals surface area contributed by atoms with Gasteiger partial charge in [0, 0.05) is 0 Å². The lowest BCUT2D eigenvalue weighted by Crippen LogP contribution is -2.18. The Labute approximate surface area is 84.1 Å². The van der Waals surface area contributed by atoms with Crippen molar-refractivity contribution in [1.29, 1.82) is 0 Å². The van der Waals surface area contributed by atoms with Gasteiger partial charge in [0.2, 0.25) is 0 Å². The summed E-state index contributed by atoms with van der Waals surface area (Å²) in [7, 11) is 0. The molecule has 1 saturated carbocycles. The van der Waals surface area contributed by atoms with Crippen LogP contribution in [0.25, 0.3) is 0 Å². The molecule has 0 spiro atoms. The normalized spacial score (nSPS) is 31.2. The smallest absolute Gasteiger partial charge is 0.0360 e. The molecule has 1 rings (SSSR count). The summed E-state index contributed by atoms with van der Waals surface area (Å²) in [5.41, 5.74) is 0. The average molecular weight is 182 g/mol. The first-order valence-electron chi connectivity index (χ1n) is 6.15. The summed E-state index contributed by atoms with van der Waals surface area (Å²) in [6.45, 7) is 9.56. The summed E-state index contributed by atoms with van der Waals surface area (Å²) in [4.78, 5) is 0. The maximum Gasteiger partial charge on any atom is -0.0360 e. The monoisotopic (exact) mass is 182 g/mol. The van der Waals surface area contributed by atoms with Crippen molar-refractivity contribution in [1.82, 2.24) is 0 Å². The van der Waals surface area contributed by atoms with Crippen molar-refractivity contribution in [3.8, 4) is 0 Å². The van der Waals surface area contributed by atoms with Gasteiger partial charge in [-0.05, 0) is 36.5 Å². The predicted molar refractivity (Wildman–Crippen MR) is 59.7 cm³/mol. The van der Waals surface area contributed by atoms with Crippen LogP contribution in [0.3, 0.4) is 0 Å². The third-order valence-corrected chi connectivity index (χ3v) is 3.83. The number of hydrogen-bond donors (Lipinski definition) is 0. The van der Waals surface area contributed by atoms with Gasteiger partial charge in [-0.2, -0.15) is 0 Å². The molecular formula is C13H26. The van der Waals surface area contributed by atoms with Gasteiger partial charge in [-0.3, -0.25) is 0 Å². The molecule has 0 aromatic heterocycles. The molecule has 3 atom stereocenters. The van der Waals surface area contributed by atoms with Crippen LogP contribution in [0.15, 0.2) is 0 Å². The van der Waals surface area contributed by atoms with Crippen LogP contribution in [0.1, 0.15) is 59.8 Å². The summed E-state index contributed by atoms with van der Waals surface area (Å²) in [6, 6.07) is 0. The summed E-state index contributed by atoms with van der Waals surface area (Å²) >= 11 is 0. The molecule has 0 heteroatoms. The van der Waals surface area contributed by atoms with E-state index >= 15 is 0 Å². The molecule has 0 nitrogen and oxygen atoms in total. The number of rotatable bonds is 4. The average Bonchev–Trinajstić information content (AvgIpc) is 2.47. The second-order valence-electron chi connectivity index (χ2n) is 5.37. The topological polar surface area (TPSA) is 0 Å². The van der Waals surface area contributed by atoms with Gasteiger partial charge in [0.1, 0.15) is 0 Å². The lowest BCUT2D eigenvalue weighted by Gasteiger charge is -2.27. The Balaban J connectivity index is 2.45. The van der Waals surface area contributed by atoms with E-state index in [9.17, 15) is 0 Å². The Bertz CT molecular complexity index is 137. The van der Waals surface area contributed by atoms with Crippen LogP contribution in [-0.2, 0) is 0 Å². The molecule has 0 heterocycles. The molecule has 0 N–H and O–H groups in total. The van der Waals surface area contributed by atoms with Crippen molar-refractivity contribution < 1.29 is 0 Å². The van der Waals surface area contributed by atoms with Gasteiger partial charge in [0.15, 0.2) is 0 Å². The molecular weight excluding hydrogens is 156 g/mol. The lowest BCUT2D eigenvalue weighted by molar-refractivity contribution is 0.230. The van der Waals surface area contributed by atoms with Crippen molar-refractivity contribution in [2.24, 2.45) is 23.7 Å². The maximum absolute atomic E-state index is 2.46. The van der Waals surface area contributed by atoms with Crippen LogP contribution in [0.5, 0.6) is 0 Å². The Morgan fingerprint density at radius 1 is 1.23 bits per heavy atom. The highest BCUT2D eigenvalue weighted by molar-refractivity contribution is 4.80. The van der Waals surface area contributed by atoms with Gasteiger partial charge in [-0.1, -0.05) is 47.0 Å². The molecule has 1 fully saturated rings. The zero-order valence-electron chi connectivity index (χ0n) is 9.84. The Morgan fingerprint density at radius 2 is 1.92 bits per heavy atom.